The maximum absolute atomic E-state index is 2.40. The average molecular weight is 138 g/mol. The molecule has 58 valence electrons. The molecule has 0 aromatic carbocycles. The molecule has 1 saturated carbocycles. The lowest BCUT2D eigenvalue weighted by molar-refractivity contribution is 0.384. The number of allylic oxidation sites excluding steroid dienone is 2. The molecule has 0 bridgehead atoms. The fourth-order valence-corrected chi connectivity index (χ4v) is 1.75. The molecule has 0 saturated heterocycles. The summed E-state index contributed by atoms with van der Waals surface area (Å²) in [4.78, 5) is 0. The van der Waals surface area contributed by atoms with Gasteiger partial charge in [0.05, 0.1) is 0 Å². The van der Waals surface area contributed by atoms with Crippen molar-refractivity contribution in [3.63, 3.8) is 0 Å². The summed E-state index contributed by atoms with van der Waals surface area (Å²) in [5.41, 5.74) is 1.71. The van der Waals surface area contributed by atoms with Crippen molar-refractivity contribution in [3.8, 4) is 0 Å². The Morgan fingerprint density at radius 2 is 2.10 bits per heavy atom. The lowest BCUT2D eigenvalue weighted by Gasteiger charge is -2.28. The molecule has 0 heterocycles. The number of hydrogen-bond acceptors (Lipinski definition) is 0. The van der Waals surface area contributed by atoms with Crippen molar-refractivity contribution in [1.29, 1.82) is 0 Å². The van der Waals surface area contributed by atoms with Gasteiger partial charge in [0, 0.05) is 0 Å². The third-order valence-electron chi connectivity index (χ3n) is 2.29. The first-order valence-corrected chi connectivity index (χ1v) is 4.54. The molecule has 1 aliphatic carbocycles. The molecule has 1 fully saturated rings. The van der Waals surface area contributed by atoms with E-state index in [-0.39, 0.29) is 0 Å². The number of rotatable bonds is 3. The fourth-order valence-electron chi connectivity index (χ4n) is 1.75. The third kappa shape index (κ3) is 1.86. The second-order valence-electron chi connectivity index (χ2n) is 3.33. The molecular weight excluding hydrogens is 120 g/mol. The van der Waals surface area contributed by atoms with Crippen molar-refractivity contribution in [2.45, 2.75) is 46.0 Å². The van der Waals surface area contributed by atoms with Gasteiger partial charge in [0.15, 0.2) is 0 Å². The molecule has 0 aliphatic heterocycles. The summed E-state index contributed by atoms with van der Waals surface area (Å²) in [6.07, 6.45) is 9.24. The summed E-state index contributed by atoms with van der Waals surface area (Å²) in [5.74, 6) is 1.04. The standard InChI is InChI=1S/C10H18/c1-3-5-9-7-10(8-9)6-4-2/h5,10H,3-4,6-8H2,1-2H3. The molecule has 0 radical (unpaired) electrons. The Hall–Kier alpha value is -0.260. The van der Waals surface area contributed by atoms with Crippen molar-refractivity contribution in [3.05, 3.63) is 11.6 Å². The number of hydrogen-bond donors (Lipinski definition) is 0. The smallest absolute Gasteiger partial charge is 0.0289 e. The average Bonchev–Trinajstić information content (AvgIpc) is 1.84. The van der Waals surface area contributed by atoms with Crippen LogP contribution in [0.2, 0.25) is 0 Å². The Balaban J connectivity index is 2.11. The first-order valence-electron chi connectivity index (χ1n) is 4.54. The molecule has 0 aromatic rings. The van der Waals surface area contributed by atoms with Crippen LogP contribution in [0.4, 0.5) is 0 Å². The Morgan fingerprint density at radius 3 is 2.60 bits per heavy atom. The van der Waals surface area contributed by atoms with Crippen LogP contribution < -0.4 is 0 Å². The Labute approximate surface area is 64.3 Å². The van der Waals surface area contributed by atoms with Crippen LogP contribution in [-0.4, -0.2) is 0 Å². The van der Waals surface area contributed by atoms with Crippen LogP contribution in [-0.2, 0) is 0 Å². The highest BCUT2D eigenvalue weighted by Crippen LogP contribution is 2.36. The van der Waals surface area contributed by atoms with Crippen LogP contribution >= 0.6 is 0 Å². The molecule has 1 aliphatic rings. The van der Waals surface area contributed by atoms with E-state index in [9.17, 15) is 0 Å². The SMILES string of the molecule is CCC=C1CC(CCC)C1. The molecule has 0 aromatic heterocycles. The van der Waals surface area contributed by atoms with Gasteiger partial charge in [-0.15, -0.1) is 0 Å². The Bertz CT molecular complexity index is 114. The van der Waals surface area contributed by atoms with E-state index in [1.807, 2.05) is 0 Å². The van der Waals surface area contributed by atoms with E-state index in [4.69, 9.17) is 0 Å². The molecule has 1 rings (SSSR count). The van der Waals surface area contributed by atoms with Crippen LogP contribution in [0.1, 0.15) is 46.0 Å². The molecule has 0 amide bonds. The zero-order valence-electron chi connectivity index (χ0n) is 7.19. The van der Waals surface area contributed by atoms with E-state index in [2.05, 4.69) is 19.9 Å². The summed E-state index contributed by atoms with van der Waals surface area (Å²) in [6.45, 7) is 4.50. The second kappa shape index (κ2) is 3.80. The summed E-state index contributed by atoms with van der Waals surface area (Å²) >= 11 is 0. The molecule has 0 N–H and O–H groups in total. The summed E-state index contributed by atoms with van der Waals surface area (Å²) < 4.78 is 0. The predicted octanol–water partition coefficient (Wildman–Crippen LogP) is 3.53. The van der Waals surface area contributed by atoms with Crippen LogP contribution in [0, 0.1) is 5.92 Å². The molecule has 0 atom stereocenters. The molecule has 0 unspecified atom stereocenters. The van der Waals surface area contributed by atoms with E-state index in [0.29, 0.717) is 0 Å². The maximum Gasteiger partial charge on any atom is -0.0289 e. The zero-order chi connectivity index (χ0) is 7.40. The lowest BCUT2D eigenvalue weighted by atomic mass is 9.77. The zero-order valence-corrected chi connectivity index (χ0v) is 7.19. The van der Waals surface area contributed by atoms with Gasteiger partial charge in [-0.3, -0.25) is 0 Å². The quantitative estimate of drug-likeness (QED) is 0.523. The summed E-state index contributed by atoms with van der Waals surface area (Å²) in [7, 11) is 0. The Morgan fingerprint density at radius 1 is 1.40 bits per heavy atom. The highest BCUT2D eigenvalue weighted by molar-refractivity contribution is 5.12. The van der Waals surface area contributed by atoms with Gasteiger partial charge in [0.2, 0.25) is 0 Å². The van der Waals surface area contributed by atoms with E-state index in [1.165, 1.54) is 32.1 Å². The van der Waals surface area contributed by atoms with Gasteiger partial charge in [0.25, 0.3) is 0 Å². The van der Waals surface area contributed by atoms with Gasteiger partial charge in [-0.1, -0.05) is 38.3 Å². The molecule has 0 nitrogen and oxygen atoms in total. The first kappa shape index (κ1) is 7.84. The topological polar surface area (TPSA) is 0 Å². The predicted molar refractivity (Wildman–Crippen MR) is 46.0 cm³/mol. The summed E-state index contributed by atoms with van der Waals surface area (Å²) in [6, 6.07) is 0. The van der Waals surface area contributed by atoms with Gasteiger partial charge in [-0.2, -0.15) is 0 Å². The van der Waals surface area contributed by atoms with Crippen molar-refractivity contribution in [2.75, 3.05) is 0 Å². The normalized spacial score (nSPS) is 24.2. The van der Waals surface area contributed by atoms with Gasteiger partial charge >= 0.3 is 0 Å². The first-order chi connectivity index (χ1) is 4.86. The van der Waals surface area contributed by atoms with Crippen LogP contribution in [0.25, 0.3) is 0 Å². The largest absolute Gasteiger partial charge is 0.0856 e. The maximum atomic E-state index is 2.40. The van der Waals surface area contributed by atoms with Gasteiger partial charge in [-0.25, -0.2) is 0 Å². The van der Waals surface area contributed by atoms with E-state index in [0.717, 1.165) is 5.92 Å². The van der Waals surface area contributed by atoms with Crippen LogP contribution in [0.5, 0.6) is 0 Å². The highest BCUT2D eigenvalue weighted by Gasteiger charge is 2.20. The van der Waals surface area contributed by atoms with Gasteiger partial charge in [-0.05, 0) is 25.2 Å². The fraction of sp³-hybridized carbons (Fsp3) is 0.800. The van der Waals surface area contributed by atoms with E-state index in [1.54, 1.807) is 5.57 Å². The lowest BCUT2D eigenvalue weighted by Crippen LogP contribution is -2.13. The van der Waals surface area contributed by atoms with Crippen molar-refractivity contribution >= 4 is 0 Å². The molecular formula is C10H18. The summed E-state index contributed by atoms with van der Waals surface area (Å²) in [5, 5.41) is 0. The van der Waals surface area contributed by atoms with Crippen LogP contribution in [0.3, 0.4) is 0 Å². The van der Waals surface area contributed by atoms with Crippen molar-refractivity contribution in [1.82, 2.24) is 0 Å². The monoisotopic (exact) mass is 138 g/mol. The van der Waals surface area contributed by atoms with E-state index >= 15 is 0 Å². The van der Waals surface area contributed by atoms with Crippen molar-refractivity contribution in [2.24, 2.45) is 5.92 Å². The van der Waals surface area contributed by atoms with Gasteiger partial charge < -0.3 is 0 Å². The second-order valence-corrected chi connectivity index (χ2v) is 3.33. The minimum Gasteiger partial charge on any atom is -0.0856 e. The molecule has 0 heteroatoms. The highest BCUT2D eigenvalue weighted by atomic mass is 14.3. The van der Waals surface area contributed by atoms with Crippen molar-refractivity contribution < 1.29 is 0 Å². The van der Waals surface area contributed by atoms with Crippen LogP contribution in [0.15, 0.2) is 11.6 Å². The minimum atomic E-state index is 1.04. The minimum absolute atomic E-state index is 1.04. The molecule has 10 heavy (non-hydrogen) atoms. The van der Waals surface area contributed by atoms with Gasteiger partial charge in [0.1, 0.15) is 0 Å². The molecule has 0 spiro atoms. The third-order valence-corrected chi connectivity index (χ3v) is 2.29. The van der Waals surface area contributed by atoms with E-state index < -0.39 is 0 Å². The Kier molecular flexibility index (Phi) is 2.98.